The molecule has 0 spiro atoms. The quantitative estimate of drug-likeness (QED) is 0.661. The van der Waals surface area contributed by atoms with Gasteiger partial charge >= 0.3 is 0 Å². The average molecular weight is 391 g/mol. The lowest BCUT2D eigenvalue weighted by molar-refractivity contribution is 0.0998. The van der Waals surface area contributed by atoms with Gasteiger partial charge in [-0.2, -0.15) is 4.99 Å². The number of aromatic nitrogens is 1. The molecule has 0 fully saturated rings. The summed E-state index contributed by atoms with van der Waals surface area (Å²) in [5.74, 6) is 0.519. The molecule has 0 saturated carbocycles. The molecule has 3 aromatic rings. The van der Waals surface area contributed by atoms with Crippen molar-refractivity contribution in [2.45, 2.75) is 6.92 Å². The summed E-state index contributed by atoms with van der Waals surface area (Å²) in [4.78, 5) is 17.3. The second kappa shape index (κ2) is 6.29. The van der Waals surface area contributed by atoms with Crippen LogP contribution in [0.25, 0.3) is 10.2 Å². The molecule has 0 N–H and O–H groups in total. The number of methoxy groups -OCH3 is 1. The molecule has 0 radical (unpaired) electrons. The van der Waals surface area contributed by atoms with Crippen molar-refractivity contribution in [1.82, 2.24) is 4.57 Å². The van der Waals surface area contributed by atoms with Gasteiger partial charge in [-0.3, -0.25) is 4.79 Å². The fourth-order valence-corrected chi connectivity index (χ4v) is 3.89. The third-order valence-electron chi connectivity index (χ3n) is 3.60. The topological polar surface area (TPSA) is 43.6 Å². The molecule has 1 amide bonds. The molecule has 0 unspecified atom stereocenters. The Labute approximate surface area is 146 Å². The number of rotatable bonds is 2. The summed E-state index contributed by atoms with van der Waals surface area (Å²) in [7, 11) is 3.54. The van der Waals surface area contributed by atoms with Crippen LogP contribution >= 0.6 is 27.3 Å². The molecule has 2 aromatic carbocycles. The first-order valence-electron chi connectivity index (χ1n) is 6.99. The predicted molar refractivity (Wildman–Crippen MR) is 96.1 cm³/mol. The molecule has 3 rings (SSSR count). The van der Waals surface area contributed by atoms with E-state index in [0.29, 0.717) is 10.4 Å². The van der Waals surface area contributed by atoms with Crippen molar-refractivity contribution in [3.05, 3.63) is 56.8 Å². The first-order chi connectivity index (χ1) is 11.0. The van der Waals surface area contributed by atoms with Crippen LogP contribution in [0.1, 0.15) is 15.9 Å². The maximum Gasteiger partial charge on any atom is 0.279 e. The molecule has 4 nitrogen and oxygen atoms in total. The van der Waals surface area contributed by atoms with Crippen LogP contribution in [-0.2, 0) is 7.05 Å². The van der Waals surface area contributed by atoms with Gasteiger partial charge in [0, 0.05) is 17.1 Å². The molecule has 1 heterocycles. The van der Waals surface area contributed by atoms with E-state index >= 15 is 0 Å². The molecule has 23 heavy (non-hydrogen) atoms. The monoisotopic (exact) mass is 390 g/mol. The Bertz CT molecular complexity index is 972. The lowest BCUT2D eigenvalue weighted by atomic mass is 10.2. The van der Waals surface area contributed by atoms with Crippen LogP contribution in [0.15, 0.2) is 45.9 Å². The van der Waals surface area contributed by atoms with Crippen molar-refractivity contribution in [2.24, 2.45) is 12.0 Å². The van der Waals surface area contributed by atoms with Gasteiger partial charge in [0.2, 0.25) is 0 Å². The number of halogens is 1. The first kappa shape index (κ1) is 16.0. The van der Waals surface area contributed by atoms with E-state index in [0.717, 1.165) is 26.0 Å². The second-order valence-corrected chi connectivity index (χ2v) is 7.03. The van der Waals surface area contributed by atoms with Crippen LogP contribution in [0.3, 0.4) is 0 Å². The normalized spacial score (nSPS) is 11.9. The standard InChI is InChI=1S/C17H15BrN2O2S/c1-10-7-8-13(22-3)14-15(10)23-17(20(14)2)19-16(21)11-5-4-6-12(18)9-11/h4-9H,1-3H3. The van der Waals surface area contributed by atoms with Crippen molar-refractivity contribution in [1.29, 1.82) is 0 Å². The third-order valence-corrected chi connectivity index (χ3v) is 5.36. The van der Waals surface area contributed by atoms with E-state index in [4.69, 9.17) is 4.74 Å². The zero-order valence-electron chi connectivity index (χ0n) is 13.0. The number of hydrogen-bond donors (Lipinski definition) is 0. The van der Waals surface area contributed by atoms with E-state index in [1.807, 2.05) is 42.8 Å². The summed E-state index contributed by atoms with van der Waals surface area (Å²) in [6.07, 6.45) is 0. The molecule has 6 heteroatoms. The SMILES string of the molecule is COc1ccc(C)c2sc(=NC(=O)c3cccc(Br)c3)n(C)c12. The summed E-state index contributed by atoms with van der Waals surface area (Å²) < 4.78 is 9.27. The fourth-order valence-electron chi connectivity index (χ4n) is 2.39. The summed E-state index contributed by atoms with van der Waals surface area (Å²) >= 11 is 4.86. The molecule has 118 valence electrons. The minimum Gasteiger partial charge on any atom is -0.495 e. The molecular formula is C17H15BrN2O2S. The zero-order chi connectivity index (χ0) is 16.6. The van der Waals surface area contributed by atoms with E-state index in [1.165, 1.54) is 11.3 Å². The Balaban J connectivity index is 2.18. The number of aryl methyl sites for hydroxylation is 2. The van der Waals surface area contributed by atoms with E-state index < -0.39 is 0 Å². The number of carbonyl (C=O) groups is 1. The Morgan fingerprint density at radius 2 is 2.09 bits per heavy atom. The minimum absolute atomic E-state index is 0.259. The van der Waals surface area contributed by atoms with Gasteiger partial charge < -0.3 is 9.30 Å². The van der Waals surface area contributed by atoms with Gasteiger partial charge in [0.25, 0.3) is 5.91 Å². The van der Waals surface area contributed by atoms with Crippen molar-refractivity contribution < 1.29 is 9.53 Å². The highest BCUT2D eigenvalue weighted by Crippen LogP contribution is 2.29. The van der Waals surface area contributed by atoms with Gasteiger partial charge in [0.05, 0.1) is 11.8 Å². The minimum atomic E-state index is -0.259. The molecule has 0 aliphatic heterocycles. The highest BCUT2D eigenvalue weighted by molar-refractivity contribution is 9.10. The summed E-state index contributed by atoms with van der Waals surface area (Å²) in [5.41, 5.74) is 2.65. The van der Waals surface area contributed by atoms with E-state index in [2.05, 4.69) is 20.9 Å². The molecule has 0 atom stereocenters. The van der Waals surface area contributed by atoms with Crippen LogP contribution in [0.5, 0.6) is 5.75 Å². The highest BCUT2D eigenvalue weighted by Gasteiger charge is 2.12. The van der Waals surface area contributed by atoms with E-state index in [9.17, 15) is 4.79 Å². The van der Waals surface area contributed by atoms with E-state index in [-0.39, 0.29) is 5.91 Å². The number of amides is 1. The highest BCUT2D eigenvalue weighted by atomic mass is 79.9. The Kier molecular flexibility index (Phi) is 4.37. The van der Waals surface area contributed by atoms with Gasteiger partial charge in [-0.25, -0.2) is 0 Å². The predicted octanol–water partition coefficient (Wildman–Crippen LogP) is 4.06. The fraction of sp³-hybridized carbons (Fsp3) is 0.176. The van der Waals surface area contributed by atoms with Crippen molar-refractivity contribution in [3.63, 3.8) is 0 Å². The average Bonchev–Trinajstić information content (AvgIpc) is 2.86. The maximum atomic E-state index is 12.4. The van der Waals surface area contributed by atoms with E-state index in [1.54, 1.807) is 19.2 Å². The number of nitrogens with zero attached hydrogens (tertiary/aromatic N) is 2. The van der Waals surface area contributed by atoms with Crippen LogP contribution in [0.4, 0.5) is 0 Å². The second-order valence-electron chi connectivity index (χ2n) is 5.13. The Hall–Kier alpha value is -1.92. The molecule has 0 bridgehead atoms. The summed E-state index contributed by atoms with van der Waals surface area (Å²) in [5, 5.41) is 0. The molecule has 1 aromatic heterocycles. The van der Waals surface area contributed by atoms with Gasteiger partial charge in [0.1, 0.15) is 11.3 Å². The number of thiazole rings is 1. The van der Waals surface area contributed by atoms with Gasteiger partial charge in [0.15, 0.2) is 4.80 Å². The number of carbonyl (C=O) groups excluding carboxylic acids is 1. The van der Waals surface area contributed by atoms with Gasteiger partial charge in [-0.05, 0) is 36.8 Å². The number of ether oxygens (including phenoxy) is 1. The Morgan fingerprint density at radius 3 is 2.78 bits per heavy atom. The molecule has 0 aliphatic rings. The van der Waals surface area contributed by atoms with Crippen LogP contribution in [-0.4, -0.2) is 17.6 Å². The number of hydrogen-bond acceptors (Lipinski definition) is 3. The molecular weight excluding hydrogens is 376 g/mol. The smallest absolute Gasteiger partial charge is 0.279 e. The molecule has 0 aliphatic carbocycles. The van der Waals surface area contributed by atoms with Crippen LogP contribution < -0.4 is 9.54 Å². The van der Waals surface area contributed by atoms with Crippen LogP contribution in [0.2, 0.25) is 0 Å². The lowest BCUT2D eigenvalue weighted by Gasteiger charge is -2.05. The van der Waals surface area contributed by atoms with Crippen LogP contribution in [0, 0.1) is 6.92 Å². The van der Waals surface area contributed by atoms with Crippen molar-refractivity contribution >= 4 is 43.4 Å². The number of benzene rings is 2. The zero-order valence-corrected chi connectivity index (χ0v) is 15.4. The third kappa shape index (κ3) is 2.96. The van der Waals surface area contributed by atoms with Gasteiger partial charge in [-0.1, -0.05) is 39.4 Å². The maximum absolute atomic E-state index is 12.4. The van der Waals surface area contributed by atoms with Crippen molar-refractivity contribution in [3.8, 4) is 5.75 Å². The summed E-state index contributed by atoms with van der Waals surface area (Å²) in [6, 6.07) is 11.2. The summed E-state index contributed by atoms with van der Waals surface area (Å²) in [6.45, 7) is 2.04. The molecule has 0 saturated heterocycles. The lowest BCUT2D eigenvalue weighted by Crippen LogP contribution is -2.13. The largest absolute Gasteiger partial charge is 0.495 e. The first-order valence-corrected chi connectivity index (χ1v) is 8.60. The van der Waals surface area contributed by atoms with Crippen molar-refractivity contribution in [2.75, 3.05) is 7.11 Å². The number of fused-ring (bicyclic) bond motifs is 1. The Morgan fingerprint density at radius 1 is 1.30 bits per heavy atom. The van der Waals surface area contributed by atoms with Gasteiger partial charge in [-0.15, -0.1) is 0 Å².